The van der Waals surface area contributed by atoms with E-state index in [4.69, 9.17) is 9.97 Å². The number of rotatable bonds is 6. The van der Waals surface area contributed by atoms with Crippen LogP contribution in [-0.2, 0) is 0 Å². The van der Waals surface area contributed by atoms with Crippen molar-refractivity contribution < 1.29 is 0 Å². The second kappa shape index (κ2) is 14.2. The fraction of sp³-hybridized carbons (Fsp3) is 0. The van der Waals surface area contributed by atoms with Gasteiger partial charge in [-0.2, -0.15) is 0 Å². The average Bonchev–Trinajstić information content (AvgIpc) is 4.01. The summed E-state index contributed by atoms with van der Waals surface area (Å²) in [6.45, 7) is 0. The Balaban J connectivity index is 1.07. The minimum absolute atomic E-state index is 0.693. The molecule has 63 heavy (non-hydrogen) atoms. The molecule has 5 heteroatoms. The highest BCUT2D eigenvalue weighted by Gasteiger charge is 2.19. The highest BCUT2D eigenvalue weighted by atomic mass is 32.1. The Hall–Kier alpha value is -8.12. The van der Waals surface area contributed by atoms with Crippen LogP contribution in [0.2, 0.25) is 0 Å². The van der Waals surface area contributed by atoms with Crippen molar-refractivity contribution in [2.24, 2.45) is 0 Å². The highest BCUT2D eigenvalue weighted by Crippen LogP contribution is 2.41. The summed E-state index contributed by atoms with van der Waals surface area (Å²) in [4.78, 5) is 10.7. The second-order valence-electron chi connectivity index (χ2n) is 16.2. The first-order chi connectivity index (χ1) is 31.2. The third kappa shape index (κ3) is 5.82. The van der Waals surface area contributed by atoms with Crippen LogP contribution in [0, 0.1) is 0 Å². The summed E-state index contributed by atoms with van der Waals surface area (Å²) >= 11 is 1.83. The molecule has 0 aliphatic heterocycles. The molecule has 0 fully saturated rings. The number of hydrogen-bond acceptors (Lipinski definition) is 3. The Bertz CT molecular complexity index is 3860. The third-order valence-corrected chi connectivity index (χ3v) is 13.6. The molecule has 0 unspecified atom stereocenters. The van der Waals surface area contributed by atoms with Crippen molar-refractivity contribution in [1.82, 2.24) is 19.1 Å². The topological polar surface area (TPSA) is 35.6 Å². The molecule has 0 amide bonds. The van der Waals surface area contributed by atoms with E-state index in [9.17, 15) is 0 Å². The quantitative estimate of drug-likeness (QED) is 0.167. The van der Waals surface area contributed by atoms with Crippen molar-refractivity contribution in [3.63, 3.8) is 0 Å². The monoisotopic (exact) mass is 820 g/mol. The zero-order valence-corrected chi connectivity index (χ0v) is 34.8. The smallest absolute Gasteiger partial charge is 0.160 e. The van der Waals surface area contributed by atoms with Gasteiger partial charge in [0.15, 0.2) is 5.82 Å². The van der Waals surface area contributed by atoms with E-state index in [-0.39, 0.29) is 0 Å². The summed E-state index contributed by atoms with van der Waals surface area (Å²) in [5.74, 6) is 0.693. The van der Waals surface area contributed by atoms with Crippen LogP contribution >= 0.6 is 11.3 Å². The molecule has 4 aromatic heterocycles. The predicted octanol–water partition coefficient (Wildman–Crippen LogP) is 15.7. The molecule has 0 saturated heterocycles. The van der Waals surface area contributed by atoms with Crippen LogP contribution in [0.25, 0.3) is 120 Å². The van der Waals surface area contributed by atoms with Gasteiger partial charge >= 0.3 is 0 Å². The lowest BCUT2D eigenvalue weighted by Crippen LogP contribution is -1.99. The van der Waals surface area contributed by atoms with E-state index >= 15 is 0 Å². The van der Waals surface area contributed by atoms with Gasteiger partial charge in [0.05, 0.1) is 33.5 Å². The van der Waals surface area contributed by atoms with Crippen molar-refractivity contribution in [3.8, 4) is 56.4 Å². The lowest BCUT2D eigenvalue weighted by Gasteiger charge is -2.15. The Morgan fingerprint density at radius 3 is 1.52 bits per heavy atom. The van der Waals surface area contributed by atoms with Crippen LogP contribution < -0.4 is 0 Å². The molecule has 294 valence electrons. The SMILES string of the molecule is c1ccc(-c2nc(-c3cc(-c4ccc5c(c4)c4ccccc4n5-c4ccccc4)cc(-n4c5ccccc5c5ccccc54)c3)cc(-c3ccc4c(c3)sc3ccccc34)n2)cc1. The summed E-state index contributed by atoms with van der Waals surface area (Å²) in [5.41, 5.74) is 13.9. The van der Waals surface area contributed by atoms with Crippen LogP contribution in [0.5, 0.6) is 0 Å². The van der Waals surface area contributed by atoms with Crippen molar-refractivity contribution in [2.45, 2.75) is 0 Å². The van der Waals surface area contributed by atoms with Gasteiger partial charge in [-0.15, -0.1) is 11.3 Å². The Kier molecular flexibility index (Phi) is 8.05. The summed E-state index contributed by atoms with van der Waals surface area (Å²) in [5, 5.41) is 7.44. The van der Waals surface area contributed by atoms with Crippen LogP contribution in [-0.4, -0.2) is 19.1 Å². The van der Waals surface area contributed by atoms with Gasteiger partial charge in [-0.05, 0) is 90.0 Å². The maximum Gasteiger partial charge on any atom is 0.160 e. The Morgan fingerprint density at radius 2 is 0.810 bits per heavy atom. The molecular formula is C58H36N4S. The summed E-state index contributed by atoms with van der Waals surface area (Å²) < 4.78 is 7.32. The number of aromatic nitrogens is 4. The fourth-order valence-corrected chi connectivity index (χ4v) is 10.8. The minimum atomic E-state index is 0.693. The number of nitrogens with zero attached hydrogens (tertiary/aromatic N) is 4. The molecule has 0 saturated carbocycles. The molecule has 4 nitrogen and oxygen atoms in total. The van der Waals surface area contributed by atoms with Crippen molar-refractivity contribution in [3.05, 3.63) is 218 Å². The molecular weight excluding hydrogens is 785 g/mol. The molecule has 0 atom stereocenters. The lowest BCUT2D eigenvalue weighted by molar-refractivity contribution is 1.16. The molecule has 0 spiro atoms. The summed E-state index contributed by atoms with van der Waals surface area (Å²) in [6.07, 6.45) is 0. The average molecular weight is 821 g/mol. The minimum Gasteiger partial charge on any atom is -0.309 e. The number of benzene rings is 9. The van der Waals surface area contributed by atoms with E-state index in [2.05, 4.69) is 221 Å². The largest absolute Gasteiger partial charge is 0.309 e. The predicted molar refractivity (Wildman–Crippen MR) is 265 cm³/mol. The molecule has 0 aliphatic carbocycles. The number of para-hydroxylation sites is 4. The van der Waals surface area contributed by atoms with E-state index in [1.54, 1.807) is 0 Å². The number of thiophene rings is 1. The van der Waals surface area contributed by atoms with Gasteiger partial charge in [-0.25, -0.2) is 9.97 Å². The second-order valence-corrected chi connectivity index (χ2v) is 17.3. The van der Waals surface area contributed by atoms with E-state index in [0.717, 1.165) is 61.6 Å². The maximum atomic E-state index is 5.39. The summed E-state index contributed by atoms with van der Waals surface area (Å²) in [7, 11) is 0. The van der Waals surface area contributed by atoms with E-state index in [1.807, 2.05) is 17.4 Å². The first-order valence-electron chi connectivity index (χ1n) is 21.3. The molecule has 0 bridgehead atoms. The molecule has 9 aromatic carbocycles. The normalized spacial score (nSPS) is 11.8. The third-order valence-electron chi connectivity index (χ3n) is 12.5. The molecule has 13 rings (SSSR count). The Morgan fingerprint density at radius 1 is 0.286 bits per heavy atom. The molecule has 0 aliphatic rings. The van der Waals surface area contributed by atoms with E-state index < -0.39 is 0 Å². The van der Waals surface area contributed by atoms with Gasteiger partial charge in [0.25, 0.3) is 0 Å². The van der Waals surface area contributed by atoms with E-state index in [0.29, 0.717) is 5.82 Å². The van der Waals surface area contributed by atoms with Crippen molar-refractivity contribution in [2.75, 3.05) is 0 Å². The lowest BCUT2D eigenvalue weighted by atomic mass is 9.97. The van der Waals surface area contributed by atoms with Gasteiger partial charge in [0.1, 0.15) is 0 Å². The Labute approximate surface area is 367 Å². The van der Waals surface area contributed by atoms with Crippen molar-refractivity contribution in [1.29, 1.82) is 0 Å². The molecule has 4 heterocycles. The van der Waals surface area contributed by atoms with Crippen molar-refractivity contribution >= 4 is 75.1 Å². The summed E-state index contributed by atoms with van der Waals surface area (Å²) in [6, 6.07) is 78.6. The van der Waals surface area contributed by atoms with Crippen LogP contribution in [0.4, 0.5) is 0 Å². The highest BCUT2D eigenvalue weighted by molar-refractivity contribution is 7.25. The molecule has 13 aromatic rings. The van der Waals surface area contributed by atoms with Gasteiger partial charge in [0.2, 0.25) is 0 Å². The van der Waals surface area contributed by atoms with E-state index in [1.165, 1.54) is 52.8 Å². The zero-order chi connectivity index (χ0) is 41.4. The zero-order valence-electron chi connectivity index (χ0n) is 34.0. The van der Waals surface area contributed by atoms with Gasteiger partial charge in [0, 0.05) is 69.8 Å². The number of hydrogen-bond donors (Lipinski definition) is 0. The van der Waals surface area contributed by atoms with Gasteiger partial charge < -0.3 is 9.13 Å². The molecule has 0 N–H and O–H groups in total. The first-order valence-corrected chi connectivity index (χ1v) is 22.1. The molecule has 0 radical (unpaired) electrons. The van der Waals surface area contributed by atoms with Gasteiger partial charge in [-0.3, -0.25) is 0 Å². The first kappa shape index (κ1) is 35.6. The van der Waals surface area contributed by atoms with Crippen LogP contribution in [0.15, 0.2) is 218 Å². The van der Waals surface area contributed by atoms with Crippen LogP contribution in [0.3, 0.4) is 0 Å². The van der Waals surface area contributed by atoms with Gasteiger partial charge in [-0.1, -0.05) is 140 Å². The standard InChI is InChI=1S/C58H36N4S/c1-3-15-37(16-4-1)58-59-50(39-27-29-48-47-22-10-14-26-56(47)63-57(48)35-39)36-51(60-58)41-31-40(32-43(33-41)62-52-23-11-7-19-44(52)45-20-8-12-24-53(45)62)38-28-30-55-49(34-38)46-21-9-13-25-54(46)61(55)42-17-5-2-6-18-42/h1-36H. The number of fused-ring (bicyclic) bond motifs is 9. The van der Waals surface area contributed by atoms with Crippen LogP contribution in [0.1, 0.15) is 0 Å². The fourth-order valence-electron chi connectivity index (χ4n) is 9.61. The maximum absolute atomic E-state index is 5.39.